The van der Waals surface area contributed by atoms with E-state index in [0.717, 1.165) is 23.7 Å². The van der Waals surface area contributed by atoms with E-state index in [1.165, 1.54) is 5.56 Å². The fourth-order valence-corrected chi connectivity index (χ4v) is 2.36. The number of hydrogen-bond donors (Lipinski definition) is 2. The van der Waals surface area contributed by atoms with Crippen molar-refractivity contribution in [2.24, 2.45) is 11.1 Å². The molecule has 0 aromatic heterocycles. The maximum absolute atomic E-state index is 11.8. The average Bonchev–Trinajstić information content (AvgIpc) is 3.12. The molecule has 0 atom stereocenters. The molecule has 2 rings (SSSR count). The normalized spacial score (nSPS) is 16.6. The van der Waals surface area contributed by atoms with E-state index in [-0.39, 0.29) is 11.3 Å². The first kappa shape index (κ1) is 12.6. The van der Waals surface area contributed by atoms with Gasteiger partial charge < -0.3 is 11.1 Å². The van der Waals surface area contributed by atoms with Gasteiger partial charge in [0.05, 0.1) is 5.41 Å². The Balaban J connectivity index is 1.80. The Morgan fingerprint density at radius 1 is 1.41 bits per heavy atom. The van der Waals surface area contributed by atoms with Crippen LogP contribution in [0.4, 0.5) is 0 Å². The third kappa shape index (κ3) is 2.87. The molecule has 0 bridgehead atoms. The summed E-state index contributed by atoms with van der Waals surface area (Å²) in [5, 5.41) is 2.97. The quantitative estimate of drug-likeness (QED) is 0.871. The van der Waals surface area contributed by atoms with E-state index in [1.54, 1.807) is 0 Å². The summed E-state index contributed by atoms with van der Waals surface area (Å²) in [6.07, 6.45) is 2.71. The summed E-state index contributed by atoms with van der Waals surface area (Å²) in [5.74, 6) is 0.118. The SMILES string of the molecule is NCC1(C(=O)NCCc2ccccc2Br)CC1. The van der Waals surface area contributed by atoms with Gasteiger partial charge in [0.25, 0.3) is 0 Å². The molecule has 92 valence electrons. The van der Waals surface area contributed by atoms with Gasteiger partial charge in [0.15, 0.2) is 0 Å². The molecule has 3 N–H and O–H groups in total. The Labute approximate surface area is 110 Å². The molecular weight excluding hydrogens is 280 g/mol. The standard InChI is InChI=1S/C13H17BrN2O/c14-11-4-2-1-3-10(11)5-8-16-12(17)13(9-15)6-7-13/h1-4H,5-9,15H2,(H,16,17). The minimum absolute atomic E-state index is 0.118. The molecular formula is C13H17BrN2O. The Morgan fingerprint density at radius 2 is 2.12 bits per heavy atom. The van der Waals surface area contributed by atoms with Crippen LogP contribution >= 0.6 is 15.9 Å². The topological polar surface area (TPSA) is 55.1 Å². The van der Waals surface area contributed by atoms with Gasteiger partial charge in [-0.2, -0.15) is 0 Å². The highest BCUT2D eigenvalue weighted by molar-refractivity contribution is 9.10. The minimum atomic E-state index is -0.242. The van der Waals surface area contributed by atoms with Crippen molar-refractivity contribution in [1.29, 1.82) is 0 Å². The molecule has 1 saturated carbocycles. The highest BCUT2D eigenvalue weighted by atomic mass is 79.9. The number of carbonyl (C=O) groups is 1. The van der Waals surface area contributed by atoms with Gasteiger partial charge in [-0.25, -0.2) is 0 Å². The van der Waals surface area contributed by atoms with E-state index in [1.807, 2.05) is 18.2 Å². The molecule has 0 aliphatic heterocycles. The lowest BCUT2D eigenvalue weighted by molar-refractivity contribution is -0.125. The predicted octanol–water partition coefficient (Wildman–Crippen LogP) is 1.85. The van der Waals surface area contributed by atoms with E-state index >= 15 is 0 Å². The molecule has 4 heteroatoms. The van der Waals surface area contributed by atoms with Gasteiger partial charge in [-0.1, -0.05) is 34.1 Å². The first-order chi connectivity index (χ1) is 8.18. The van der Waals surface area contributed by atoms with Crippen molar-refractivity contribution in [2.75, 3.05) is 13.1 Å². The molecule has 3 nitrogen and oxygen atoms in total. The highest BCUT2D eigenvalue weighted by Crippen LogP contribution is 2.44. The van der Waals surface area contributed by atoms with Crippen LogP contribution in [0.15, 0.2) is 28.7 Å². The van der Waals surface area contributed by atoms with Crippen molar-refractivity contribution in [3.05, 3.63) is 34.3 Å². The maximum atomic E-state index is 11.8. The van der Waals surface area contributed by atoms with Crippen LogP contribution in [0.5, 0.6) is 0 Å². The summed E-state index contributed by atoms with van der Waals surface area (Å²) in [5.41, 5.74) is 6.58. The molecule has 1 aromatic carbocycles. The molecule has 1 aromatic rings. The lowest BCUT2D eigenvalue weighted by Gasteiger charge is -2.13. The maximum Gasteiger partial charge on any atom is 0.227 e. The van der Waals surface area contributed by atoms with E-state index in [2.05, 4.69) is 27.3 Å². The second kappa shape index (κ2) is 5.19. The van der Waals surface area contributed by atoms with Crippen molar-refractivity contribution in [3.63, 3.8) is 0 Å². The third-order valence-electron chi connectivity index (χ3n) is 3.36. The summed E-state index contributed by atoms with van der Waals surface area (Å²) < 4.78 is 1.09. The predicted molar refractivity (Wildman–Crippen MR) is 71.6 cm³/mol. The lowest BCUT2D eigenvalue weighted by Crippen LogP contribution is -2.37. The minimum Gasteiger partial charge on any atom is -0.355 e. The second-order valence-corrected chi connectivity index (χ2v) is 5.44. The van der Waals surface area contributed by atoms with Crippen LogP contribution in [0.1, 0.15) is 18.4 Å². The van der Waals surface area contributed by atoms with Crippen LogP contribution in [0.3, 0.4) is 0 Å². The van der Waals surface area contributed by atoms with Gasteiger partial charge in [0, 0.05) is 17.6 Å². The van der Waals surface area contributed by atoms with Crippen LogP contribution in [0, 0.1) is 5.41 Å². The summed E-state index contributed by atoms with van der Waals surface area (Å²) >= 11 is 3.50. The number of carbonyl (C=O) groups excluding carboxylic acids is 1. The van der Waals surface area contributed by atoms with Gasteiger partial charge in [-0.05, 0) is 30.9 Å². The van der Waals surface area contributed by atoms with Crippen LogP contribution in [-0.2, 0) is 11.2 Å². The number of nitrogens with two attached hydrogens (primary N) is 1. The molecule has 1 aliphatic carbocycles. The molecule has 17 heavy (non-hydrogen) atoms. The summed E-state index contributed by atoms with van der Waals surface area (Å²) in [6, 6.07) is 8.06. The Bertz CT molecular complexity index is 416. The second-order valence-electron chi connectivity index (χ2n) is 4.58. The molecule has 1 fully saturated rings. The van der Waals surface area contributed by atoms with E-state index in [0.29, 0.717) is 13.1 Å². The van der Waals surface area contributed by atoms with Crippen LogP contribution in [-0.4, -0.2) is 19.0 Å². The van der Waals surface area contributed by atoms with E-state index in [4.69, 9.17) is 5.73 Å². The molecule has 0 saturated heterocycles. The van der Waals surface area contributed by atoms with Gasteiger partial charge in [0.1, 0.15) is 0 Å². The Hall–Kier alpha value is -0.870. The van der Waals surface area contributed by atoms with Gasteiger partial charge in [-0.15, -0.1) is 0 Å². The molecule has 0 radical (unpaired) electrons. The van der Waals surface area contributed by atoms with Crippen LogP contribution in [0.25, 0.3) is 0 Å². The number of rotatable bonds is 5. The third-order valence-corrected chi connectivity index (χ3v) is 4.14. The monoisotopic (exact) mass is 296 g/mol. The van der Waals surface area contributed by atoms with Crippen molar-refractivity contribution in [3.8, 4) is 0 Å². The molecule has 1 amide bonds. The van der Waals surface area contributed by atoms with Gasteiger partial charge in [-0.3, -0.25) is 4.79 Å². The zero-order valence-corrected chi connectivity index (χ0v) is 11.3. The van der Waals surface area contributed by atoms with E-state index in [9.17, 15) is 4.79 Å². The molecule has 0 heterocycles. The summed E-state index contributed by atoms with van der Waals surface area (Å²) in [6.45, 7) is 1.14. The average molecular weight is 297 g/mol. The van der Waals surface area contributed by atoms with Crippen molar-refractivity contribution < 1.29 is 4.79 Å². The summed E-state index contributed by atoms with van der Waals surface area (Å²) in [4.78, 5) is 11.8. The Morgan fingerprint density at radius 3 is 2.71 bits per heavy atom. The molecule has 1 aliphatic rings. The van der Waals surface area contributed by atoms with Gasteiger partial charge >= 0.3 is 0 Å². The number of benzene rings is 1. The fraction of sp³-hybridized carbons (Fsp3) is 0.462. The van der Waals surface area contributed by atoms with Crippen LogP contribution < -0.4 is 11.1 Å². The van der Waals surface area contributed by atoms with Crippen LogP contribution in [0.2, 0.25) is 0 Å². The number of hydrogen-bond acceptors (Lipinski definition) is 2. The number of amides is 1. The first-order valence-electron chi connectivity index (χ1n) is 5.90. The largest absolute Gasteiger partial charge is 0.355 e. The fourth-order valence-electron chi connectivity index (χ4n) is 1.87. The first-order valence-corrected chi connectivity index (χ1v) is 6.69. The highest BCUT2D eigenvalue weighted by Gasteiger charge is 2.48. The van der Waals surface area contributed by atoms with E-state index < -0.39 is 0 Å². The number of halogens is 1. The molecule has 0 spiro atoms. The van der Waals surface area contributed by atoms with Crippen molar-refractivity contribution in [2.45, 2.75) is 19.3 Å². The summed E-state index contributed by atoms with van der Waals surface area (Å²) in [7, 11) is 0. The molecule has 0 unspecified atom stereocenters. The van der Waals surface area contributed by atoms with Crippen molar-refractivity contribution in [1.82, 2.24) is 5.32 Å². The number of nitrogens with one attached hydrogen (secondary N) is 1. The zero-order valence-electron chi connectivity index (χ0n) is 9.71. The van der Waals surface area contributed by atoms with Crippen molar-refractivity contribution >= 4 is 21.8 Å². The smallest absolute Gasteiger partial charge is 0.227 e. The van der Waals surface area contributed by atoms with Gasteiger partial charge in [0.2, 0.25) is 5.91 Å². The Kier molecular flexibility index (Phi) is 3.84. The zero-order chi connectivity index (χ0) is 12.3. The lowest BCUT2D eigenvalue weighted by atomic mass is 10.1.